The molecule has 2 heterocycles. The molecule has 134 valence electrons. The Kier molecular flexibility index (Phi) is 5.87. The van der Waals surface area contributed by atoms with E-state index in [2.05, 4.69) is 41.5 Å². The Hall–Kier alpha value is -2.14. The van der Waals surface area contributed by atoms with Crippen LogP contribution in [0, 0.1) is 0 Å². The van der Waals surface area contributed by atoms with Gasteiger partial charge in [0.25, 0.3) is 5.91 Å². The molecule has 1 atom stereocenters. The summed E-state index contributed by atoms with van der Waals surface area (Å²) in [6.45, 7) is 6.72. The lowest BCUT2D eigenvalue weighted by molar-refractivity contribution is 0.0659. The van der Waals surface area contributed by atoms with Crippen molar-refractivity contribution in [2.45, 2.75) is 52.1 Å². The van der Waals surface area contributed by atoms with Crippen molar-refractivity contribution in [2.24, 2.45) is 0 Å². The van der Waals surface area contributed by atoms with E-state index in [0.717, 1.165) is 56.6 Å². The average molecular weight is 340 g/mol. The predicted molar refractivity (Wildman–Crippen MR) is 99.4 cm³/mol. The summed E-state index contributed by atoms with van der Waals surface area (Å²) in [5.41, 5.74) is 3.93. The van der Waals surface area contributed by atoms with Gasteiger partial charge < -0.3 is 10.2 Å². The number of carbonyl (C=O) groups is 1. The molecular weight excluding hydrogens is 312 g/mol. The van der Waals surface area contributed by atoms with Gasteiger partial charge in [-0.3, -0.25) is 9.89 Å². The number of benzene rings is 1. The first-order valence-corrected chi connectivity index (χ1v) is 9.39. The molecule has 5 heteroatoms. The smallest absolute Gasteiger partial charge is 0.275 e. The number of H-pyrrole nitrogens is 1. The second-order valence-electron chi connectivity index (χ2n) is 6.64. The third-order valence-corrected chi connectivity index (χ3v) is 4.97. The number of nitrogens with zero attached hydrogens (tertiary/aromatic N) is 2. The van der Waals surface area contributed by atoms with Gasteiger partial charge in [0.15, 0.2) is 5.69 Å². The molecule has 0 radical (unpaired) electrons. The molecule has 1 aromatic heterocycles. The van der Waals surface area contributed by atoms with Crippen molar-refractivity contribution in [1.29, 1.82) is 0 Å². The summed E-state index contributed by atoms with van der Waals surface area (Å²) in [5, 5.41) is 10.8. The van der Waals surface area contributed by atoms with Crippen LogP contribution in [-0.2, 0) is 13.0 Å². The fourth-order valence-electron chi connectivity index (χ4n) is 3.58. The molecule has 0 saturated heterocycles. The van der Waals surface area contributed by atoms with Gasteiger partial charge in [0.1, 0.15) is 0 Å². The highest BCUT2D eigenvalue weighted by molar-refractivity contribution is 5.94. The highest BCUT2D eigenvalue weighted by Gasteiger charge is 2.29. The Morgan fingerprint density at radius 1 is 1.28 bits per heavy atom. The van der Waals surface area contributed by atoms with Crippen molar-refractivity contribution in [2.75, 3.05) is 13.1 Å². The van der Waals surface area contributed by atoms with E-state index >= 15 is 0 Å². The molecule has 5 nitrogen and oxygen atoms in total. The van der Waals surface area contributed by atoms with E-state index < -0.39 is 0 Å². The van der Waals surface area contributed by atoms with Crippen LogP contribution in [-0.4, -0.2) is 34.1 Å². The molecule has 1 aliphatic heterocycles. The van der Waals surface area contributed by atoms with Gasteiger partial charge >= 0.3 is 0 Å². The molecule has 2 N–H and O–H groups in total. The third kappa shape index (κ3) is 3.76. The zero-order chi connectivity index (χ0) is 17.6. The SMILES string of the molecule is CCCCN(C(=O)c1n[nH]c2c1CNCC2)C(CC)c1ccccc1. The Labute approximate surface area is 149 Å². The molecule has 0 saturated carbocycles. The fraction of sp³-hybridized carbons (Fsp3) is 0.500. The lowest BCUT2D eigenvalue weighted by Gasteiger charge is -2.31. The van der Waals surface area contributed by atoms with Crippen LogP contribution >= 0.6 is 0 Å². The van der Waals surface area contributed by atoms with Crippen LogP contribution < -0.4 is 5.32 Å². The number of amides is 1. The molecule has 1 aromatic carbocycles. The Bertz CT molecular complexity index is 695. The van der Waals surface area contributed by atoms with Crippen LogP contribution in [0.1, 0.15) is 66.5 Å². The Morgan fingerprint density at radius 2 is 2.08 bits per heavy atom. The van der Waals surface area contributed by atoms with Crippen LogP contribution in [0.25, 0.3) is 0 Å². The second-order valence-corrected chi connectivity index (χ2v) is 6.64. The molecule has 3 rings (SSSR count). The van der Waals surface area contributed by atoms with E-state index in [9.17, 15) is 4.79 Å². The fourth-order valence-corrected chi connectivity index (χ4v) is 3.58. The van der Waals surface area contributed by atoms with Crippen LogP contribution in [0.4, 0.5) is 0 Å². The minimum atomic E-state index is 0.0466. The molecular formula is C20H28N4O. The summed E-state index contributed by atoms with van der Waals surface area (Å²) in [7, 11) is 0. The van der Waals surface area contributed by atoms with Crippen molar-refractivity contribution >= 4 is 5.91 Å². The monoisotopic (exact) mass is 340 g/mol. The zero-order valence-corrected chi connectivity index (χ0v) is 15.2. The molecule has 0 spiro atoms. The summed E-state index contributed by atoms with van der Waals surface area (Å²) in [6.07, 6.45) is 3.86. The van der Waals surface area contributed by atoms with E-state index in [1.807, 2.05) is 23.1 Å². The molecule has 25 heavy (non-hydrogen) atoms. The molecule has 1 aliphatic rings. The van der Waals surface area contributed by atoms with Crippen molar-refractivity contribution in [3.63, 3.8) is 0 Å². The van der Waals surface area contributed by atoms with E-state index in [1.54, 1.807) is 0 Å². The standard InChI is InChI=1S/C20H28N4O/c1-3-5-13-24(18(4-2)15-9-7-6-8-10-15)20(25)19-16-14-21-12-11-17(16)22-23-19/h6-10,18,21H,3-5,11-14H2,1-2H3,(H,22,23). The highest BCUT2D eigenvalue weighted by Crippen LogP contribution is 2.27. The summed E-state index contributed by atoms with van der Waals surface area (Å²) in [5.74, 6) is 0.0466. The van der Waals surface area contributed by atoms with Gasteiger partial charge in [-0.15, -0.1) is 0 Å². The van der Waals surface area contributed by atoms with Gasteiger partial charge in [0, 0.05) is 37.3 Å². The maximum Gasteiger partial charge on any atom is 0.275 e. The quantitative estimate of drug-likeness (QED) is 0.811. The van der Waals surface area contributed by atoms with Crippen LogP contribution in [0.5, 0.6) is 0 Å². The maximum atomic E-state index is 13.4. The van der Waals surface area contributed by atoms with Crippen LogP contribution in [0.2, 0.25) is 0 Å². The summed E-state index contributed by atoms with van der Waals surface area (Å²) >= 11 is 0. The second kappa shape index (κ2) is 8.30. The van der Waals surface area contributed by atoms with E-state index in [-0.39, 0.29) is 11.9 Å². The first-order chi connectivity index (χ1) is 12.3. The first kappa shape index (κ1) is 17.7. The van der Waals surface area contributed by atoms with Crippen molar-refractivity contribution in [3.05, 3.63) is 52.8 Å². The molecule has 0 fully saturated rings. The molecule has 1 amide bonds. The molecule has 0 aliphatic carbocycles. The van der Waals surface area contributed by atoms with Crippen molar-refractivity contribution in [3.8, 4) is 0 Å². The third-order valence-electron chi connectivity index (χ3n) is 4.97. The van der Waals surface area contributed by atoms with Crippen LogP contribution in [0.3, 0.4) is 0 Å². The van der Waals surface area contributed by atoms with Gasteiger partial charge in [-0.1, -0.05) is 50.6 Å². The van der Waals surface area contributed by atoms with Gasteiger partial charge in [0.2, 0.25) is 0 Å². The summed E-state index contributed by atoms with van der Waals surface area (Å²) in [4.78, 5) is 15.4. The molecule has 2 aromatic rings. The Balaban J connectivity index is 1.91. The number of aromatic amines is 1. The lowest BCUT2D eigenvalue weighted by Crippen LogP contribution is -2.37. The normalized spacial score (nSPS) is 14.8. The highest BCUT2D eigenvalue weighted by atomic mass is 16.2. The minimum Gasteiger partial charge on any atom is -0.330 e. The Morgan fingerprint density at radius 3 is 2.80 bits per heavy atom. The number of fused-ring (bicyclic) bond motifs is 1. The van der Waals surface area contributed by atoms with E-state index in [1.165, 1.54) is 5.56 Å². The average Bonchev–Trinajstić information content (AvgIpc) is 3.09. The number of rotatable bonds is 7. The van der Waals surface area contributed by atoms with Gasteiger partial charge in [-0.2, -0.15) is 5.10 Å². The number of nitrogens with one attached hydrogen (secondary N) is 2. The maximum absolute atomic E-state index is 13.4. The van der Waals surface area contributed by atoms with E-state index in [0.29, 0.717) is 5.69 Å². The number of hydrogen-bond acceptors (Lipinski definition) is 3. The van der Waals surface area contributed by atoms with Gasteiger partial charge in [-0.25, -0.2) is 0 Å². The first-order valence-electron chi connectivity index (χ1n) is 9.39. The van der Waals surface area contributed by atoms with E-state index in [4.69, 9.17) is 0 Å². The molecule has 1 unspecified atom stereocenters. The summed E-state index contributed by atoms with van der Waals surface area (Å²) < 4.78 is 0. The number of aromatic nitrogens is 2. The topological polar surface area (TPSA) is 61.0 Å². The zero-order valence-electron chi connectivity index (χ0n) is 15.2. The molecule has 0 bridgehead atoms. The minimum absolute atomic E-state index is 0.0466. The summed E-state index contributed by atoms with van der Waals surface area (Å²) in [6, 6.07) is 10.4. The largest absolute Gasteiger partial charge is 0.330 e. The number of unbranched alkanes of at least 4 members (excludes halogenated alkanes) is 1. The lowest BCUT2D eigenvalue weighted by atomic mass is 10.0. The van der Waals surface area contributed by atoms with Crippen molar-refractivity contribution in [1.82, 2.24) is 20.4 Å². The number of carbonyl (C=O) groups excluding carboxylic acids is 1. The van der Waals surface area contributed by atoms with Crippen molar-refractivity contribution < 1.29 is 4.79 Å². The van der Waals surface area contributed by atoms with Crippen LogP contribution in [0.15, 0.2) is 30.3 Å². The van der Waals surface area contributed by atoms with Gasteiger partial charge in [0.05, 0.1) is 6.04 Å². The number of hydrogen-bond donors (Lipinski definition) is 2. The van der Waals surface area contributed by atoms with Gasteiger partial charge in [-0.05, 0) is 18.4 Å². The predicted octanol–water partition coefficient (Wildman–Crippen LogP) is 3.45.